The number of halogens is 1. The van der Waals surface area contributed by atoms with Gasteiger partial charge in [0.1, 0.15) is 5.75 Å². The first-order valence-corrected chi connectivity index (χ1v) is 8.66. The zero-order chi connectivity index (χ0) is 17.2. The summed E-state index contributed by atoms with van der Waals surface area (Å²) in [6.07, 6.45) is 3.16. The molecule has 0 aliphatic rings. The van der Waals surface area contributed by atoms with E-state index in [1.165, 1.54) is 15.6 Å². The van der Waals surface area contributed by atoms with Crippen molar-refractivity contribution in [2.45, 2.75) is 0 Å². The van der Waals surface area contributed by atoms with E-state index in [-0.39, 0.29) is 0 Å². The van der Waals surface area contributed by atoms with Gasteiger partial charge in [-0.1, -0.05) is 24.3 Å². The van der Waals surface area contributed by atoms with E-state index in [1.807, 2.05) is 29.6 Å². The number of thiophene rings is 1. The molecule has 4 aromatic rings. The number of aromatic nitrogens is 2. The van der Waals surface area contributed by atoms with Crippen molar-refractivity contribution in [2.24, 2.45) is 0 Å². The number of hydrogen-bond acceptors (Lipinski definition) is 3. The normalized spacial score (nSPS) is 11.8. The van der Waals surface area contributed by atoms with Crippen LogP contribution in [0.1, 0.15) is 5.56 Å². The molecule has 124 valence electrons. The van der Waals surface area contributed by atoms with Gasteiger partial charge in [-0.25, -0.2) is 4.68 Å². The summed E-state index contributed by atoms with van der Waals surface area (Å²) in [6.45, 7) is 0. The molecule has 25 heavy (non-hydrogen) atoms. The minimum atomic E-state index is -0.431. The SMILES string of the molecule is COc1ccc(/C=C(\F)n2cc3cc(-c4cccs4)ccc3n2)cc1. The van der Waals surface area contributed by atoms with Gasteiger partial charge < -0.3 is 4.74 Å². The lowest BCUT2D eigenvalue weighted by atomic mass is 10.1. The van der Waals surface area contributed by atoms with Gasteiger partial charge in [0.25, 0.3) is 0 Å². The van der Waals surface area contributed by atoms with Crippen LogP contribution in [0.2, 0.25) is 0 Å². The third-order valence-corrected chi connectivity index (χ3v) is 4.85. The van der Waals surface area contributed by atoms with E-state index in [1.54, 1.807) is 48.9 Å². The van der Waals surface area contributed by atoms with Crippen LogP contribution < -0.4 is 4.74 Å². The maximum Gasteiger partial charge on any atom is 0.214 e. The molecule has 0 bridgehead atoms. The van der Waals surface area contributed by atoms with E-state index in [9.17, 15) is 4.39 Å². The van der Waals surface area contributed by atoms with Gasteiger partial charge in [-0.05, 0) is 46.8 Å². The number of fused-ring (bicyclic) bond motifs is 1. The molecule has 0 aliphatic heterocycles. The Kier molecular flexibility index (Phi) is 4.07. The summed E-state index contributed by atoms with van der Waals surface area (Å²) < 4.78 is 20.9. The molecule has 0 unspecified atom stereocenters. The van der Waals surface area contributed by atoms with Gasteiger partial charge in [-0.15, -0.1) is 11.3 Å². The Hall–Kier alpha value is -2.92. The largest absolute Gasteiger partial charge is 0.497 e. The second-order valence-electron chi connectivity index (χ2n) is 5.56. The van der Waals surface area contributed by atoms with Crippen LogP contribution in [0.5, 0.6) is 5.75 Å². The molecule has 0 amide bonds. The van der Waals surface area contributed by atoms with Gasteiger partial charge in [0, 0.05) is 22.5 Å². The Morgan fingerprint density at radius 1 is 1.16 bits per heavy atom. The van der Waals surface area contributed by atoms with Crippen molar-refractivity contribution < 1.29 is 9.13 Å². The second kappa shape index (κ2) is 6.53. The minimum absolute atomic E-state index is 0.431. The fourth-order valence-electron chi connectivity index (χ4n) is 2.63. The van der Waals surface area contributed by atoms with E-state index in [0.717, 1.165) is 27.8 Å². The molecule has 0 saturated carbocycles. The number of methoxy groups -OCH3 is 1. The van der Waals surface area contributed by atoms with Crippen LogP contribution in [0.3, 0.4) is 0 Å². The first kappa shape index (κ1) is 15.6. The molecule has 3 nitrogen and oxygen atoms in total. The molecule has 0 radical (unpaired) electrons. The third kappa shape index (κ3) is 3.19. The summed E-state index contributed by atoms with van der Waals surface area (Å²) in [5.41, 5.74) is 2.62. The first-order valence-electron chi connectivity index (χ1n) is 7.78. The zero-order valence-electron chi connectivity index (χ0n) is 13.5. The summed E-state index contributed by atoms with van der Waals surface area (Å²) in [7, 11) is 1.60. The molecular formula is C20H15FN2OS. The summed E-state index contributed by atoms with van der Waals surface area (Å²) >= 11 is 1.68. The van der Waals surface area contributed by atoms with E-state index in [0.29, 0.717) is 0 Å². The summed E-state index contributed by atoms with van der Waals surface area (Å²) in [4.78, 5) is 1.18. The Morgan fingerprint density at radius 3 is 2.72 bits per heavy atom. The lowest BCUT2D eigenvalue weighted by Gasteiger charge is -2.00. The van der Waals surface area contributed by atoms with Gasteiger partial charge in [0.05, 0.1) is 12.6 Å². The van der Waals surface area contributed by atoms with E-state index < -0.39 is 5.95 Å². The first-order chi connectivity index (χ1) is 12.2. The highest BCUT2D eigenvalue weighted by Crippen LogP contribution is 2.28. The quantitative estimate of drug-likeness (QED) is 0.472. The summed E-state index contributed by atoms with van der Waals surface area (Å²) in [5.74, 6) is 0.308. The minimum Gasteiger partial charge on any atom is -0.497 e. The van der Waals surface area contributed by atoms with Crippen LogP contribution in [0.4, 0.5) is 4.39 Å². The summed E-state index contributed by atoms with van der Waals surface area (Å²) in [6, 6.07) is 17.2. The van der Waals surface area contributed by atoms with Crippen LogP contribution in [0, 0.1) is 0 Å². The molecule has 4 rings (SSSR count). The maximum atomic E-state index is 14.5. The lowest BCUT2D eigenvalue weighted by molar-refractivity contribution is 0.415. The van der Waals surface area contributed by atoms with Crippen molar-refractivity contribution in [3.05, 3.63) is 71.7 Å². The highest BCUT2D eigenvalue weighted by Gasteiger charge is 2.07. The van der Waals surface area contributed by atoms with E-state index >= 15 is 0 Å². The van der Waals surface area contributed by atoms with Gasteiger partial charge in [0.15, 0.2) is 0 Å². The molecule has 0 saturated heterocycles. The zero-order valence-corrected chi connectivity index (χ0v) is 14.3. The maximum absolute atomic E-state index is 14.5. The number of rotatable bonds is 4. The van der Waals surface area contributed by atoms with E-state index in [2.05, 4.69) is 11.2 Å². The van der Waals surface area contributed by atoms with Gasteiger partial charge >= 0.3 is 0 Å². The third-order valence-electron chi connectivity index (χ3n) is 3.93. The average Bonchev–Trinajstić information content (AvgIpc) is 3.31. The van der Waals surface area contributed by atoms with Gasteiger partial charge in [0.2, 0.25) is 5.95 Å². The molecular weight excluding hydrogens is 335 g/mol. The second-order valence-corrected chi connectivity index (χ2v) is 6.51. The topological polar surface area (TPSA) is 27.1 Å². The highest BCUT2D eigenvalue weighted by molar-refractivity contribution is 7.13. The van der Waals surface area contributed by atoms with Crippen molar-refractivity contribution in [1.29, 1.82) is 0 Å². The molecule has 0 aliphatic carbocycles. The standard InChI is InChI=1S/C20H15FN2OS/c1-24-17-7-4-14(5-8-17)11-20(21)23-13-16-12-15(6-9-18(16)22-23)19-3-2-10-25-19/h2-13H,1H3/b20-11+. The van der Waals surface area contributed by atoms with Crippen molar-refractivity contribution >= 4 is 34.3 Å². The average molecular weight is 350 g/mol. The smallest absolute Gasteiger partial charge is 0.214 e. The molecule has 5 heteroatoms. The number of nitrogens with zero attached hydrogens (tertiary/aromatic N) is 2. The highest BCUT2D eigenvalue weighted by atomic mass is 32.1. The molecule has 0 atom stereocenters. The van der Waals surface area contributed by atoms with Crippen molar-refractivity contribution in [2.75, 3.05) is 7.11 Å². The van der Waals surface area contributed by atoms with Crippen molar-refractivity contribution in [3.63, 3.8) is 0 Å². The Morgan fingerprint density at radius 2 is 2.00 bits per heavy atom. The van der Waals surface area contributed by atoms with Crippen molar-refractivity contribution in [3.8, 4) is 16.2 Å². The monoisotopic (exact) mass is 350 g/mol. The number of benzene rings is 2. The van der Waals surface area contributed by atoms with Crippen LogP contribution in [-0.2, 0) is 0 Å². The predicted octanol–water partition coefficient (Wildman–Crippen LogP) is 5.70. The van der Waals surface area contributed by atoms with Crippen LogP contribution in [-0.4, -0.2) is 16.9 Å². The van der Waals surface area contributed by atoms with Crippen molar-refractivity contribution in [1.82, 2.24) is 9.78 Å². The van der Waals surface area contributed by atoms with Gasteiger partial charge in [-0.2, -0.15) is 9.49 Å². The van der Waals surface area contributed by atoms with E-state index in [4.69, 9.17) is 4.74 Å². The molecule has 0 fully saturated rings. The lowest BCUT2D eigenvalue weighted by Crippen LogP contribution is -1.92. The Balaban J connectivity index is 1.67. The Labute approximate surface area is 148 Å². The van der Waals surface area contributed by atoms with Crippen LogP contribution in [0.15, 0.2) is 66.2 Å². The molecule has 2 aromatic carbocycles. The van der Waals surface area contributed by atoms with Gasteiger partial charge in [-0.3, -0.25) is 0 Å². The number of hydrogen-bond donors (Lipinski definition) is 0. The fourth-order valence-corrected chi connectivity index (χ4v) is 3.36. The van der Waals surface area contributed by atoms with Crippen LogP contribution >= 0.6 is 11.3 Å². The fraction of sp³-hybridized carbons (Fsp3) is 0.0500. The summed E-state index contributed by atoms with van der Waals surface area (Å²) in [5, 5.41) is 7.27. The number of ether oxygens (including phenoxy) is 1. The predicted molar refractivity (Wildman–Crippen MR) is 101 cm³/mol. The molecule has 2 aromatic heterocycles. The van der Waals surface area contributed by atoms with Crippen LogP contribution in [0.25, 0.3) is 33.4 Å². The molecule has 0 N–H and O–H groups in total. The molecule has 2 heterocycles. The Bertz CT molecular complexity index is 1030. The molecule has 0 spiro atoms.